The second-order valence-corrected chi connectivity index (χ2v) is 7.76. The second kappa shape index (κ2) is 12.6. The molecule has 1 aromatic rings. The van der Waals surface area contributed by atoms with E-state index >= 15 is 0 Å². The zero-order chi connectivity index (χ0) is 21.1. The quantitative estimate of drug-likeness (QED) is 0.479. The minimum absolute atomic E-state index is 0.768. The molecule has 1 aromatic carbocycles. The van der Waals surface area contributed by atoms with Crippen LogP contribution in [0.15, 0.2) is 23.2 Å². The van der Waals surface area contributed by atoms with Crippen LogP contribution in [0.25, 0.3) is 0 Å². The monoisotopic (exact) mass is 404 g/mol. The lowest BCUT2D eigenvalue weighted by molar-refractivity contribution is 0.188. The number of ether oxygens (including phenoxy) is 2. The lowest BCUT2D eigenvalue weighted by Crippen LogP contribution is -2.40. The fraction of sp³-hybridized carbons (Fsp3) is 0.696. The number of likely N-dealkylation sites (tertiary alicyclic amines) is 1. The average molecular weight is 405 g/mol. The zero-order valence-corrected chi connectivity index (χ0v) is 19.0. The van der Waals surface area contributed by atoms with Gasteiger partial charge in [0.05, 0.1) is 14.2 Å². The predicted molar refractivity (Wildman–Crippen MR) is 121 cm³/mol. The molecule has 2 rings (SSSR count). The first-order valence-electron chi connectivity index (χ1n) is 11.0. The molecule has 1 aliphatic heterocycles. The maximum Gasteiger partial charge on any atom is 0.193 e. The Morgan fingerprint density at radius 3 is 2.52 bits per heavy atom. The van der Waals surface area contributed by atoms with Gasteiger partial charge in [-0.05, 0) is 75.9 Å². The van der Waals surface area contributed by atoms with Gasteiger partial charge in [-0.1, -0.05) is 13.0 Å². The molecule has 0 atom stereocenters. The molecule has 6 heteroatoms. The van der Waals surface area contributed by atoms with Gasteiger partial charge in [0.15, 0.2) is 17.5 Å². The lowest BCUT2D eigenvalue weighted by Gasteiger charge is -2.30. The molecule has 0 radical (unpaired) electrons. The zero-order valence-electron chi connectivity index (χ0n) is 19.0. The van der Waals surface area contributed by atoms with E-state index in [2.05, 4.69) is 48.1 Å². The number of nitrogens with zero attached hydrogens (tertiary/aromatic N) is 3. The molecule has 1 aliphatic rings. The number of nitrogens with one attached hydrogen (secondary N) is 1. The molecule has 0 unspecified atom stereocenters. The van der Waals surface area contributed by atoms with Gasteiger partial charge >= 0.3 is 0 Å². The molecule has 164 valence electrons. The number of methoxy groups -OCH3 is 2. The molecule has 1 saturated heterocycles. The minimum atomic E-state index is 0.768. The van der Waals surface area contributed by atoms with Crippen LogP contribution in [-0.4, -0.2) is 76.3 Å². The van der Waals surface area contributed by atoms with E-state index in [0.29, 0.717) is 0 Å². The number of likely N-dealkylation sites (N-methyl/N-ethyl adjacent to an activating group) is 1. The van der Waals surface area contributed by atoms with Crippen LogP contribution in [0.4, 0.5) is 0 Å². The average Bonchev–Trinajstić information content (AvgIpc) is 2.77. The van der Waals surface area contributed by atoms with Gasteiger partial charge in [-0.3, -0.25) is 4.99 Å². The summed E-state index contributed by atoms with van der Waals surface area (Å²) in [5, 5.41) is 3.44. The van der Waals surface area contributed by atoms with Gasteiger partial charge < -0.3 is 24.6 Å². The molecule has 0 saturated carbocycles. The van der Waals surface area contributed by atoms with Gasteiger partial charge in [-0.2, -0.15) is 0 Å². The van der Waals surface area contributed by atoms with Crippen molar-refractivity contribution in [2.45, 2.75) is 39.5 Å². The topological polar surface area (TPSA) is 49.3 Å². The Morgan fingerprint density at radius 2 is 1.90 bits per heavy atom. The molecule has 1 N–H and O–H groups in total. The third kappa shape index (κ3) is 7.42. The standard InChI is InChI=1S/C23H40N4O2/c1-6-24-23(25-14-10-19-12-16-27(7-2)17-13-19)26(3)15-11-20-8-9-21(28-4)22(18-20)29-5/h8-9,18-19H,6-7,10-17H2,1-5H3,(H,24,25). The van der Waals surface area contributed by atoms with Crippen LogP contribution in [0.5, 0.6) is 11.5 Å². The SMILES string of the molecule is CCNC(=NCCC1CCN(CC)CC1)N(C)CCc1ccc(OC)c(OC)c1. The highest BCUT2D eigenvalue weighted by Gasteiger charge is 2.17. The number of hydrogen-bond acceptors (Lipinski definition) is 4. The number of benzene rings is 1. The number of piperidine rings is 1. The second-order valence-electron chi connectivity index (χ2n) is 7.76. The van der Waals surface area contributed by atoms with E-state index in [0.717, 1.165) is 49.4 Å². The Hall–Kier alpha value is -1.95. The fourth-order valence-electron chi connectivity index (χ4n) is 3.85. The van der Waals surface area contributed by atoms with Crippen LogP contribution in [0.2, 0.25) is 0 Å². The number of hydrogen-bond donors (Lipinski definition) is 1. The van der Waals surface area contributed by atoms with Gasteiger partial charge in [0.2, 0.25) is 0 Å². The van der Waals surface area contributed by atoms with Crippen molar-refractivity contribution in [3.05, 3.63) is 23.8 Å². The normalized spacial score (nSPS) is 16.0. The summed E-state index contributed by atoms with van der Waals surface area (Å²) in [5.74, 6) is 3.37. The van der Waals surface area contributed by atoms with E-state index in [1.54, 1.807) is 14.2 Å². The first-order valence-corrected chi connectivity index (χ1v) is 11.0. The van der Waals surface area contributed by atoms with Crippen molar-refractivity contribution < 1.29 is 9.47 Å². The molecular formula is C23H40N4O2. The van der Waals surface area contributed by atoms with Crippen molar-refractivity contribution in [3.63, 3.8) is 0 Å². The van der Waals surface area contributed by atoms with E-state index < -0.39 is 0 Å². The van der Waals surface area contributed by atoms with Crippen LogP contribution in [0.3, 0.4) is 0 Å². The van der Waals surface area contributed by atoms with Crippen molar-refractivity contribution in [2.24, 2.45) is 10.9 Å². The largest absolute Gasteiger partial charge is 0.493 e. The molecular weight excluding hydrogens is 364 g/mol. The van der Waals surface area contributed by atoms with Crippen molar-refractivity contribution in [2.75, 3.05) is 60.5 Å². The summed E-state index contributed by atoms with van der Waals surface area (Å²) in [7, 11) is 5.45. The van der Waals surface area contributed by atoms with Crippen LogP contribution < -0.4 is 14.8 Å². The maximum atomic E-state index is 5.42. The van der Waals surface area contributed by atoms with E-state index in [9.17, 15) is 0 Å². The summed E-state index contributed by atoms with van der Waals surface area (Å²) in [6, 6.07) is 6.12. The van der Waals surface area contributed by atoms with Gasteiger partial charge in [0, 0.05) is 26.7 Å². The summed E-state index contributed by atoms with van der Waals surface area (Å²) < 4.78 is 10.7. The molecule has 0 amide bonds. The third-order valence-corrected chi connectivity index (χ3v) is 5.83. The first-order chi connectivity index (χ1) is 14.1. The van der Waals surface area contributed by atoms with E-state index in [1.807, 2.05) is 6.07 Å². The van der Waals surface area contributed by atoms with Gasteiger partial charge in [0.1, 0.15) is 0 Å². The summed E-state index contributed by atoms with van der Waals surface area (Å²) >= 11 is 0. The van der Waals surface area contributed by atoms with Gasteiger partial charge in [0.25, 0.3) is 0 Å². The van der Waals surface area contributed by atoms with Crippen LogP contribution in [0, 0.1) is 5.92 Å². The van der Waals surface area contributed by atoms with Crippen LogP contribution >= 0.6 is 0 Å². The van der Waals surface area contributed by atoms with Crippen molar-refractivity contribution in [1.82, 2.24) is 15.1 Å². The molecule has 0 aliphatic carbocycles. The Labute approximate surface area is 177 Å². The molecule has 0 bridgehead atoms. The first kappa shape index (κ1) is 23.3. The van der Waals surface area contributed by atoms with E-state index in [1.165, 1.54) is 44.5 Å². The maximum absolute atomic E-state index is 5.42. The van der Waals surface area contributed by atoms with E-state index in [-0.39, 0.29) is 0 Å². The molecule has 1 heterocycles. The van der Waals surface area contributed by atoms with Gasteiger partial charge in [-0.25, -0.2) is 0 Å². The summed E-state index contributed by atoms with van der Waals surface area (Å²) in [6.07, 6.45) is 4.75. The van der Waals surface area contributed by atoms with E-state index in [4.69, 9.17) is 14.5 Å². The van der Waals surface area contributed by atoms with Crippen molar-refractivity contribution in [3.8, 4) is 11.5 Å². The van der Waals surface area contributed by atoms with Crippen LogP contribution in [0.1, 0.15) is 38.7 Å². The summed E-state index contributed by atoms with van der Waals surface area (Å²) in [6.45, 7) is 10.7. The minimum Gasteiger partial charge on any atom is -0.493 e. The number of aliphatic imine (C=N–C) groups is 1. The Bertz CT molecular complexity index is 627. The Balaban J connectivity index is 1.85. The third-order valence-electron chi connectivity index (χ3n) is 5.83. The van der Waals surface area contributed by atoms with Crippen molar-refractivity contribution in [1.29, 1.82) is 0 Å². The summed E-state index contributed by atoms with van der Waals surface area (Å²) in [5.41, 5.74) is 1.23. The highest BCUT2D eigenvalue weighted by atomic mass is 16.5. The molecule has 1 fully saturated rings. The Morgan fingerprint density at radius 1 is 1.17 bits per heavy atom. The van der Waals surface area contributed by atoms with Crippen molar-refractivity contribution >= 4 is 5.96 Å². The smallest absolute Gasteiger partial charge is 0.193 e. The number of rotatable bonds is 10. The molecule has 29 heavy (non-hydrogen) atoms. The fourth-order valence-corrected chi connectivity index (χ4v) is 3.85. The molecule has 6 nitrogen and oxygen atoms in total. The molecule has 0 aromatic heterocycles. The Kier molecular flexibility index (Phi) is 10.1. The van der Waals surface area contributed by atoms with Crippen LogP contribution in [-0.2, 0) is 6.42 Å². The summed E-state index contributed by atoms with van der Waals surface area (Å²) in [4.78, 5) is 9.66. The highest BCUT2D eigenvalue weighted by Crippen LogP contribution is 2.27. The molecule has 0 spiro atoms. The predicted octanol–water partition coefficient (Wildman–Crippen LogP) is 3.27. The highest BCUT2D eigenvalue weighted by molar-refractivity contribution is 5.79. The number of guanidine groups is 1. The van der Waals surface area contributed by atoms with Gasteiger partial charge in [-0.15, -0.1) is 0 Å². The lowest BCUT2D eigenvalue weighted by atomic mass is 9.94.